The van der Waals surface area contributed by atoms with Gasteiger partial charge in [-0.3, -0.25) is 34.2 Å². The van der Waals surface area contributed by atoms with E-state index in [2.05, 4.69) is 47.8 Å². The first-order valence-electron chi connectivity index (χ1n) is 23.8. The van der Waals surface area contributed by atoms with Crippen molar-refractivity contribution in [1.82, 2.24) is 35.0 Å². The molecule has 4 amide bonds. The average Bonchev–Trinajstić information content (AvgIpc) is 3.86. The van der Waals surface area contributed by atoms with Crippen LogP contribution >= 0.6 is 11.6 Å². The smallest absolute Gasteiger partial charge is 0.293 e. The number of likely N-dealkylation sites (tertiary alicyclic amines) is 1. The SMILES string of the molecule is CNC(=O)COc1cc2cc(Nc3nc(N4CCC(OC5CC(N6CCC[C@@]7(CCN(c8ccc9c(c8)CN([C@@H]8CCC(=O)NC8=O)C9=O)C7)C6)C5)CC4)ncc3Cl)ccc2n(C(C)C)c1=O. The van der Waals surface area contributed by atoms with Gasteiger partial charge in [-0.1, -0.05) is 11.6 Å². The molecule has 1 saturated carbocycles. The highest BCUT2D eigenvalue weighted by molar-refractivity contribution is 6.33. The highest BCUT2D eigenvalue weighted by Crippen LogP contribution is 2.44. The molecule has 67 heavy (non-hydrogen) atoms. The minimum Gasteiger partial charge on any atom is -0.478 e. The van der Waals surface area contributed by atoms with Crippen molar-refractivity contribution >= 4 is 69.3 Å². The zero-order valence-corrected chi connectivity index (χ0v) is 39.1. The molecule has 2 aromatic carbocycles. The summed E-state index contributed by atoms with van der Waals surface area (Å²) in [4.78, 5) is 81.1. The highest BCUT2D eigenvalue weighted by Gasteiger charge is 2.46. The summed E-state index contributed by atoms with van der Waals surface area (Å²) in [5, 5.41) is 9.40. The number of ether oxygens (including phenoxy) is 2. The summed E-state index contributed by atoms with van der Waals surface area (Å²) in [6, 6.07) is 13.2. The lowest BCUT2D eigenvalue weighted by molar-refractivity contribution is -0.137. The van der Waals surface area contributed by atoms with Crippen LogP contribution in [0.25, 0.3) is 10.9 Å². The quantitative estimate of drug-likeness (QED) is 0.159. The van der Waals surface area contributed by atoms with Crippen LogP contribution in [0.2, 0.25) is 5.02 Å². The lowest BCUT2D eigenvalue weighted by atomic mass is 9.76. The fraction of sp³-hybridized carbons (Fsp3) is 0.531. The van der Waals surface area contributed by atoms with Crippen molar-refractivity contribution in [3.05, 3.63) is 75.2 Å². The van der Waals surface area contributed by atoms with Gasteiger partial charge in [0.1, 0.15) is 11.1 Å². The Morgan fingerprint density at radius 2 is 1.78 bits per heavy atom. The molecule has 2 atom stereocenters. The van der Waals surface area contributed by atoms with Crippen molar-refractivity contribution in [2.45, 2.75) is 109 Å². The first-order valence-corrected chi connectivity index (χ1v) is 24.2. The molecule has 10 rings (SSSR count). The fourth-order valence-corrected chi connectivity index (χ4v) is 11.3. The van der Waals surface area contributed by atoms with Gasteiger partial charge in [0.25, 0.3) is 17.4 Å². The van der Waals surface area contributed by atoms with Gasteiger partial charge < -0.3 is 39.4 Å². The highest BCUT2D eigenvalue weighted by atomic mass is 35.5. The van der Waals surface area contributed by atoms with Crippen molar-refractivity contribution in [1.29, 1.82) is 0 Å². The average molecular weight is 936 g/mol. The van der Waals surface area contributed by atoms with Crippen LogP contribution in [0.4, 0.5) is 23.1 Å². The number of rotatable bonds is 12. The second-order valence-electron chi connectivity index (χ2n) is 19.6. The molecule has 5 fully saturated rings. The van der Waals surface area contributed by atoms with E-state index in [1.165, 1.54) is 19.9 Å². The molecule has 0 radical (unpaired) electrons. The number of imide groups is 1. The Balaban J connectivity index is 0.702. The molecule has 7 heterocycles. The van der Waals surface area contributed by atoms with E-state index in [9.17, 15) is 24.0 Å². The number of pyridine rings is 1. The molecule has 6 aliphatic rings. The molecule has 5 aliphatic heterocycles. The van der Waals surface area contributed by atoms with Crippen LogP contribution in [0.1, 0.15) is 93.6 Å². The van der Waals surface area contributed by atoms with E-state index < -0.39 is 6.04 Å². The van der Waals surface area contributed by atoms with Crippen LogP contribution in [-0.4, -0.2) is 125 Å². The van der Waals surface area contributed by atoms with Crippen molar-refractivity contribution in [3.8, 4) is 5.75 Å². The Hall–Kier alpha value is -5.78. The number of fused-ring (bicyclic) bond motifs is 2. The number of nitrogens with zero attached hydrogens (tertiary/aromatic N) is 7. The van der Waals surface area contributed by atoms with Gasteiger partial charge in [0.2, 0.25) is 17.8 Å². The summed E-state index contributed by atoms with van der Waals surface area (Å²) in [5.41, 5.74) is 4.15. The molecule has 18 heteroatoms. The van der Waals surface area contributed by atoms with E-state index >= 15 is 0 Å². The van der Waals surface area contributed by atoms with Gasteiger partial charge in [-0.05, 0) is 120 Å². The molecule has 3 N–H and O–H groups in total. The Morgan fingerprint density at radius 3 is 2.55 bits per heavy atom. The largest absolute Gasteiger partial charge is 0.478 e. The third-order valence-corrected chi connectivity index (χ3v) is 15.1. The van der Waals surface area contributed by atoms with Crippen LogP contribution < -0.4 is 36.0 Å². The number of hydrogen-bond acceptors (Lipinski definition) is 13. The van der Waals surface area contributed by atoms with E-state index in [1.54, 1.807) is 21.7 Å². The van der Waals surface area contributed by atoms with E-state index in [4.69, 9.17) is 26.1 Å². The first-order chi connectivity index (χ1) is 32.3. The van der Waals surface area contributed by atoms with Crippen molar-refractivity contribution in [2.24, 2.45) is 5.41 Å². The molecule has 2 aromatic heterocycles. The monoisotopic (exact) mass is 934 g/mol. The van der Waals surface area contributed by atoms with Crippen LogP contribution in [-0.2, 0) is 25.7 Å². The molecular formula is C49H59ClN10O7. The third kappa shape index (κ3) is 9.05. The Morgan fingerprint density at radius 1 is 0.955 bits per heavy atom. The van der Waals surface area contributed by atoms with Gasteiger partial charge in [0, 0.05) is 92.6 Å². The zero-order chi connectivity index (χ0) is 46.6. The van der Waals surface area contributed by atoms with E-state index in [0.29, 0.717) is 41.4 Å². The van der Waals surface area contributed by atoms with Crippen LogP contribution in [0.15, 0.2) is 53.5 Å². The fourth-order valence-electron chi connectivity index (χ4n) is 11.2. The maximum atomic E-state index is 13.3. The molecular weight excluding hydrogens is 876 g/mol. The number of likely N-dealkylation sites (N-methyl/N-ethyl adjacent to an activating group) is 1. The van der Waals surface area contributed by atoms with E-state index in [-0.39, 0.29) is 71.6 Å². The maximum absolute atomic E-state index is 13.3. The van der Waals surface area contributed by atoms with Gasteiger partial charge >= 0.3 is 0 Å². The number of piperidine rings is 3. The summed E-state index contributed by atoms with van der Waals surface area (Å²) in [5.74, 6) is 0.0509. The Bertz CT molecular complexity index is 2660. The zero-order valence-electron chi connectivity index (χ0n) is 38.4. The van der Waals surface area contributed by atoms with Gasteiger partial charge in [-0.2, -0.15) is 4.98 Å². The molecule has 354 valence electrons. The van der Waals surface area contributed by atoms with Crippen molar-refractivity contribution in [2.75, 3.05) is 68.0 Å². The number of aromatic nitrogens is 3. The number of nitrogens with one attached hydrogen (secondary N) is 3. The lowest BCUT2D eigenvalue weighted by Crippen LogP contribution is -2.55. The van der Waals surface area contributed by atoms with Gasteiger partial charge in [-0.15, -0.1) is 0 Å². The molecule has 0 bridgehead atoms. The molecule has 4 aromatic rings. The minimum absolute atomic E-state index is 0.0976. The first kappa shape index (κ1) is 45.0. The van der Waals surface area contributed by atoms with Crippen molar-refractivity contribution in [3.63, 3.8) is 0 Å². The normalized spacial score (nSPS) is 24.6. The van der Waals surface area contributed by atoms with E-state index in [0.717, 1.165) is 99.2 Å². The van der Waals surface area contributed by atoms with E-state index in [1.807, 2.05) is 38.1 Å². The number of amides is 4. The topological polar surface area (TPSA) is 184 Å². The second-order valence-corrected chi connectivity index (χ2v) is 20.0. The van der Waals surface area contributed by atoms with Crippen molar-refractivity contribution < 1.29 is 28.7 Å². The molecule has 1 aliphatic carbocycles. The van der Waals surface area contributed by atoms with Crippen LogP contribution in [0.5, 0.6) is 5.75 Å². The summed E-state index contributed by atoms with van der Waals surface area (Å²) in [6.07, 6.45) is 10.1. The summed E-state index contributed by atoms with van der Waals surface area (Å²) in [6.45, 7) is 9.74. The van der Waals surface area contributed by atoms with Gasteiger partial charge in [-0.25, -0.2) is 4.98 Å². The number of benzene rings is 2. The number of hydrogen-bond donors (Lipinski definition) is 3. The van der Waals surface area contributed by atoms with Gasteiger partial charge in [0.05, 0.1) is 23.9 Å². The Labute approximate surface area is 394 Å². The number of carbonyl (C=O) groups is 4. The van der Waals surface area contributed by atoms with Gasteiger partial charge in [0.15, 0.2) is 18.2 Å². The standard InChI is InChI=1S/C49H59ClN10O7/c1-29(2)60-39-8-5-32(19-30(39)21-41(47(60)65)66-26-43(62)51-3)53-44-38(50)24-52-48(55-44)56-16-11-35(12-17-56)67-36-22-34(23-36)57-15-4-13-49(27-57)14-18-58(28-49)33-6-7-37-31(20-33)25-59(46(37)64)40-9-10-42(61)54-45(40)63/h5-8,19-21,24,29,34-36,40H,4,9-18,22-23,25-28H2,1-3H3,(H,51,62)(H,52,53,55)(H,54,61,63)/t34?,36?,40-,49-/m1/s1. The minimum atomic E-state index is -0.606. The summed E-state index contributed by atoms with van der Waals surface area (Å²) >= 11 is 6.63. The summed E-state index contributed by atoms with van der Waals surface area (Å²) < 4.78 is 14.0. The van der Waals surface area contributed by atoms with Crippen LogP contribution in [0, 0.1) is 5.41 Å². The number of halogens is 1. The van der Waals surface area contributed by atoms with Crippen LogP contribution in [0.3, 0.4) is 0 Å². The maximum Gasteiger partial charge on any atom is 0.293 e. The molecule has 17 nitrogen and oxygen atoms in total. The molecule has 1 spiro atoms. The molecule has 0 unspecified atom stereocenters. The predicted octanol–water partition coefficient (Wildman–Crippen LogP) is 5.16. The Kier molecular flexibility index (Phi) is 12.3. The lowest BCUT2D eigenvalue weighted by Gasteiger charge is -2.50. The third-order valence-electron chi connectivity index (χ3n) is 14.8. The molecule has 4 saturated heterocycles. The predicted molar refractivity (Wildman–Crippen MR) is 254 cm³/mol. The summed E-state index contributed by atoms with van der Waals surface area (Å²) in [7, 11) is 1.52. The number of carbonyl (C=O) groups excluding carboxylic acids is 4. The second kappa shape index (κ2) is 18.4. The number of anilines is 4.